The number of para-hydroxylation sites is 1. The van der Waals surface area contributed by atoms with E-state index in [1.165, 1.54) is 0 Å². The van der Waals surface area contributed by atoms with Crippen LogP contribution in [0.1, 0.15) is 18.3 Å². The summed E-state index contributed by atoms with van der Waals surface area (Å²) in [4.78, 5) is 11.1. The molecule has 0 spiro atoms. The molecule has 0 atom stereocenters. The number of aromatic nitrogens is 2. The number of hydrogen-bond acceptors (Lipinski definition) is 4. The molecule has 0 unspecified atom stereocenters. The molecule has 4 nitrogen and oxygen atoms in total. The van der Waals surface area contributed by atoms with Crippen LogP contribution in [-0.2, 0) is 0 Å². The monoisotopic (exact) mass is 256 g/mol. The van der Waals surface area contributed by atoms with Gasteiger partial charge in [-0.3, -0.25) is 0 Å². The van der Waals surface area contributed by atoms with Crippen LogP contribution in [0.2, 0.25) is 0 Å². The lowest BCUT2D eigenvalue weighted by Gasteiger charge is -2.22. The fraction of sp³-hybridized carbons (Fsp3) is 0.333. The summed E-state index contributed by atoms with van der Waals surface area (Å²) >= 11 is 0. The number of nitrogens with zero attached hydrogens (tertiary/aromatic N) is 3. The van der Waals surface area contributed by atoms with E-state index < -0.39 is 0 Å². The van der Waals surface area contributed by atoms with Crippen molar-refractivity contribution in [3.05, 3.63) is 41.7 Å². The van der Waals surface area contributed by atoms with Crippen LogP contribution in [0.25, 0.3) is 0 Å². The summed E-state index contributed by atoms with van der Waals surface area (Å²) in [5.41, 5.74) is 2.19. The first-order valence-electron chi connectivity index (χ1n) is 6.51. The molecule has 1 aromatic carbocycles. The van der Waals surface area contributed by atoms with Gasteiger partial charge < -0.3 is 10.2 Å². The number of rotatable bonds is 4. The quantitative estimate of drug-likeness (QED) is 0.911. The molecular formula is C15H20N4. The third kappa shape index (κ3) is 2.84. The molecule has 0 amide bonds. The number of nitrogens with one attached hydrogen (secondary N) is 1. The van der Waals surface area contributed by atoms with E-state index in [2.05, 4.69) is 39.2 Å². The molecule has 1 heterocycles. The van der Waals surface area contributed by atoms with Gasteiger partial charge in [-0.05, 0) is 32.9 Å². The third-order valence-corrected chi connectivity index (χ3v) is 3.04. The summed E-state index contributed by atoms with van der Waals surface area (Å²) in [6.07, 6.45) is 0. The van der Waals surface area contributed by atoms with E-state index in [0.29, 0.717) is 0 Å². The minimum Gasteiger partial charge on any atom is -0.370 e. The van der Waals surface area contributed by atoms with Gasteiger partial charge in [-0.15, -0.1) is 0 Å². The summed E-state index contributed by atoms with van der Waals surface area (Å²) < 4.78 is 0. The third-order valence-electron chi connectivity index (χ3n) is 3.04. The zero-order chi connectivity index (χ0) is 13.8. The Kier molecular flexibility index (Phi) is 4.00. The van der Waals surface area contributed by atoms with Gasteiger partial charge in [0.25, 0.3) is 0 Å². The van der Waals surface area contributed by atoms with E-state index in [0.717, 1.165) is 35.3 Å². The van der Waals surface area contributed by atoms with Crippen LogP contribution in [0.3, 0.4) is 0 Å². The Labute approximate surface area is 114 Å². The van der Waals surface area contributed by atoms with Gasteiger partial charge in [0, 0.05) is 24.8 Å². The Balaban J connectivity index is 2.44. The molecule has 0 saturated carbocycles. The number of aryl methyl sites for hydroxylation is 1. The highest BCUT2D eigenvalue weighted by atomic mass is 15.2. The average molecular weight is 256 g/mol. The van der Waals surface area contributed by atoms with E-state index >= 15 is 0 Å². The summed E-state index contributed by atoms with van der Waals surface area (Å²) in [6.45, 7) is 6.89. The van der Waals surface area contributed by atoms with Crippen LogP contribution >= 0.6 is 0 Å². The van der Waals surface area contributed by atoms with Crippen molar-refractivity contribution in [2.24, 2.45) is 0 Å². The smallest absolute Gasteiger partial charge is 0.141 e. The Morgan fingerprint density at radius 2 is 1.79 bits per heavy atom. The molecule has 0 radical (unpaired) electrons. The van der Waals surface area contributed by atoms with E-state index in [9.17, 15) is 0 Å². The molecule has 100 valence electrons. The molecule has 4 heteroatoms. The normalized spacial score (nSPS) is 10.3. The van der Waals surface area contributed by atoms with E-state index in [1.807, 2.05) is 39.1 Å². The van der Waals surface area contributed by atoms with Crippen molar-refractivity contribution in [1.82, 2.24) is 9.97 Å². The zero-order valence-corrected chi connectivity index (χ0v) is 11.9. The van der Waals surface area contributed by atoms with Gasteiger partial charge in [0.15, 0.2) is 0 Å². The lowest BCUT2D eigenvalue weighted by Crippen LogP contribution is -2.16. The van der Waals surface area contributed by atoms with E-state index in [-0.39, 0.29) is 0 Å². The van der Waals surface area contributed by atoms with Crippen LogP contribution < -0.4 is 10.2 Å². The predicted molar refractivity (Wildman–Crippen MR) is 80.2 cm³/mol. The summed E-state index contributed by atoms with van der Waals surface area (Å²) in [5.74, 6) is 2.63. The number of benzene rings is 1. The molecule has 2 rings (SSSR count). The highest BCUT2D eigenvalue weighted by Crippen LogP contribution is 2.28. The first-order chi connectivity index (χ1) is 9.13. The maximum Gasteiger partial charge on any atom is 0.141 e. The first kappa shape index (κ1) is 13.3. The van der Waals surface area contributed by atoms with Gasteiger partial charge in [0.05, 0.1) is 0 Å². The zero-order valence-electron chi connectivity index (χ0n) is 11.9. The first-order valence-corrected chi connectivity index (χ1v) is 6.51. The van der Waals surface area contributed by atoms with Gasteiger partial charge in [-0.1, -0.05) is 18.2 Å². The molecule has 2 aromatic rings. The summed E-state index contributed by atoms with van der Waals surface area (Å²) in [6, 6.07) is 10.2. The van der Waals surface area contributed by atoms with E-state index in [1.54, 1.807) is 0 Å². The predicted octanol–water partition coefficient (Wildman–Crippen LogP) is 3.29. The topological polar surface area (TPSA) is 41.1 Å². The Bertz CT molecular complexity index is 552. The molecule has 19 heavy (non-hydrogen) atoms. The van der Waals surface area contributed by atoms with Crippen molar-refractivity contribution in [2.45, 2.75) is 20.8 Å². The molecule has 1 N–H and O–H groups in total. The van der Waals surface area contributed by atoms with E-state index in [4.69, 9.17) is 0 Å². The fourth-order valence-corrected chi connectivity index (χ4v) is 2.05. The SMILES string of the molecule is CCNc1nc(C)nc(N(C)c2ccccc2)c1C. The maximum atomic E-state index is 4.57. The highest BCUT2D eigenvalue weighted by molar-refractivity contribution is 5.66. The van der Waals surface area contributed by atoms with Crippen molar-refractivity contribution in [1.29, 1.82) is 0 Å². The minimum absolute atomic E-state index is 0.777. The minimum atomic E-state index is 0.777. The summed E-state index contributed by atoms with van der Waals surface area (Å²) in [7, 11) is 2.03. The molecule has 1 aromatic heterocycles. The van der Waals surface area contributed by atoms with Gasteiger partial charge in [-0.25, -0.2) is 9.97 Å². The second-order valence-electron chi connectivity index (χ2n) is 4.49. The van der Waals surface area contributed by atoms with Gasteiger partial charge in [0.2, 0.25) is 0 Å². The van der Waals surface area contributed by atoms with Crippen molar-refractivity contribution < 1.29 is 0 Å². The number of hydrogen-bond donors (Lipinski definition) is 1. The standard InChI is InChI=1S/C15H20N4/c1-5-16-14-11(2)15(18-12(3)17-14)19(4)13-9-7-6-8-10-13/h6-10H,5H2,1-4H3,(H,16,17,18). The van der Waals surface area contributed by atoms with Crippen LogP contribution in [-0.4, -0.2) is 23.6 Å². The van der Waals surface area contributed by atoms with Crippen LogP contribution in [0.4, 0.5) is 17.3 Å². The van der Waals surface area contributed by atoms with Gasteiger partial charge >= 0.3 is 0 Å². The molecule has 0 bridgehead atoms. The fourth-order valence-electron chi connectivity index (χ4n) is 2.05. The second-order valence-corrected chi connectivity index (χ2v) is 4.49. The molecule has 0 aliphatic heterocycles. The average Bonchev–Trinajstić information content (AvgIpc) is 2.43. The Morgan fingerprint density at radius 1 is 1.11 bits per heavy atom. The van der Waals surface area contributed by atoms with Crippen molar-refractivity contribution >= 4 is 17.3 Å². The van der Waals surface area contributed by atoms with Crippen molar-refractivity contribution in [2.75, 3.05) is 23.8 Å². The van der Waals surface area contributed by atoms with Crippen LogP contribution in [0.15, 0.2) is 30.3 Å². The van der Waals surface area contributed by atoms with Crippen molar-refractivity contribution in [3.8, 4) is 0 Å². The molecule has 0 fully saturated rings. The van der Waals surface area contributed by atoms with Crippen LogP contribution in [0, 0.1) is 13.8 Å². The highest BCUT2D eigenvalue weighted by Gasteiger charge is 2.13. The molecule has 0 aliphatic carbocycles. The Morgan fingerprint density at radius 3 is 2.42 bits per heavy atom. The number of anilines is 3. The maximum absolute atomic E-state index is 4.57. The Hall–Kier alpha value is -2.10. The lowest BCUT2D eigenvalue weighted by atomic mass is 10.2. The molecule has 0 saturated heterocycles. The van der Waals surface area contributed by atoms with Gasteiger partial charge in [-0.2, -0.15) is 0 Å². The second kappa shape index (κ2) is 5.69. The summed E-state index contributed by atoms with van der Waals surface area (Å²) in [5, 5.41) is 3.29. The molecule has 0 aliphatic rings. The van der Waals surface area contributed by atoms with Gasteiger partial charge in [0.1, 0.15) is 17.5 Å². The largest absolute Gasteiger partial charge is 0.370 e. The van der Waals surface area contributed by atoms with Crippen LogP contribution in [0.5, 0.6) is 0 Å². The lowest BCUT2D eigenvalue weighted by molar-refractivity contribution is 0.982. The molecular weight excluding hydrogens is 236 g/mol. The van der Waals surface area contributed by atoms with Crippen molar-refractivity contribution in [3.63, 3.8) is 0 Å².